The summed E-state index contributed by atoms with van der Waals surface area (Å²) in [5, 5.41) is 5.92. The van der Waals surface area contributed by atoms with Crippen LogP contribution >= 0.6 is 0 Å². The first-order valence-electron chi connectivity index (χ1n) is 12.6. The Kier molecular flexibility index (Phi) is 5.99. The van der Waals surface area contributed by atoms with Gasteiger partial charge in [-0.3, -0.25) is 14.0 Å². The fourth-order valence-corrected chi connectivity index (χ4v) is 5.26. The Morgan fingerprint density at radius 3 is 2.69 bits per heavy atom. The van der Waals surface area contributed by atoms with Gasteiger partial charge in [0.25, 0.3) is 11.8 Å². The number of benzene rings is 2. The molecular formula is C29H29N5O2. The van der Waals surface area contributed by atoms with Crippen LogP contribution in [0.2, 0.25) is 0 Å². The average Bonchev–Trinajstić information content (AvgIpc) is 3.67. The minimum absolute atomic E-state index is 0.00902. The number of hydrogen-bond donors (Lipinski definition) is 2. The van der Waals surface area contributed by atoms with E-state index in [0.29, 0.717) is 18.7 Å². The summed E-state index contributed by atoms with van der Waals surface area (Å²) in [4.78, 5) is 31.5. The fraction of sp³-hybridized carbons (Fsp3) is 0.276. The molecule has 2 amide bonds. The third-order valence-corrected chi connectivity index (χ3v) is 7.24. The number of nitrogens with one attached hydrogen (secondary N) is 2. The highest BCUT2D eigenvalue weighted by Crippen LogP contribution is 2.27. The largest absolute Gasteiger partial charge is 0.351 e. The molecule has 2 aliphatic heterocycles. The highest BCUT2D eigenvalue weighted by molar-refractivity contribution is 5.99. The standard InChI is InChI=1S/C29H29N5O2/c35-28(31-11-15-33-13-1-2-14-33)21-5-3-20(4-6-21)17-23-8-10-26(34-16-12-30-27(23)34)22-7-9-25-24(18-22)19-32-29(25)36/h3-10,12,16,18H,1-2,11,13-15,17,19H2,(H,31,35)(H,32,36). The van der Waals surface area contributed by atoms with E-state index in [4.69, 9.17) is 0 Å². The lowest BCUT2D eigenvalue weighted by atomic mass is 10.0. The molecule has 0 bridgehead atoms. The maximum absolute atomic E-state index is 12.5. The highest BCUT2D eigenvalue weighted by Gasteiger charge is 2.20. The molecule has 7 nitrogen and oxygen atoms in total. The quantitative estimate of drug-likeness (QED) is 0.424. The summed E-state index contributed by atoms with van der Waals surface area (Å²) >= 11 is 0. The van der Waals surface area contributed by atoms with Crippen molar-refractivity contribution in [2.45, 2.75) is 25.8 Å². The molecule has 0 atom stereocenters. The Bertz CT molecular complexity index is 1430. The van der Waals surface area contributed by atoms with E-state index in [2.05, 4.69) is 43.1 Å². The van der Waals surface area contributed by atoms with Crippen molar-refractivity contribution in [3.05, 3.63) is 94.8 Å². The van der Waals surface area contributed by atoms with Crippen LogP contribution in [0, 0.1) is 0 Å². The zero-order valence-corrected chi connectivity index (χ0v) is 20.2. The van der Waals surface area contributed by atoms with Crippen LogP contribution in [-0.2, 0) is 13.0 Å². The molecule has 4 heterocycles. The van der Waals surface area contributed by atoms with Crippen molar-refractivity contribution in [2.75, 3.05) is 26.2 Å². The lowest BCUT2D eigenvalue weighted by molar-refractivity contribution is 0.0946. The van der Waals surface area contributed by atoms with E-state index in [-0.39, 0.29) is 11.8 Å². The molecule has 36 heavy (non-hydrogen) atoms. The predicted octanol–water partition coefficient (Wildman–Crippen LogP) is 3.66. The number of carbonyl (C=O) groups is 2. The molecule has 0 saturated carbocycles. The van der Waals surface area contributed by atoms with Crippen molar-refractivity contribution < 1.29 is 9.59 Å². The van der Waals surface area contributed by atoms with Gasteiger partial charge in [-0.25, -0.2) is 4.98 Å². The summed E-state index contributed by atoms with van der Waals surface area (Å²) in [6.45, 7) is 4.45. The molecule has 1 fully saturated rings. The summed E-state index contributed by atoms with van der Waals surface area (Å²) in [5.74, 6) is -0.0303. The molecular weight excluding hydrogens is 450 g/mol. The second-order valence-corrected chi connectivity index (χ2v) is 9.60. The van der Waals surface area contributed by atoms with Crippen LogP contribution in [0.4, 0.5) is 0 Å². The molecule has 7 heteroatoms. The SMILES string of the molecule is O=C(NCCN1CCCC1)c1ccc(Cc2ccc(-c3ccc4c(c3)CNC4=O)n3ccnc23)cc1. The van der Waals surface area contributed by atoms with E-state index < -0.39 is 0 Å². The van der Waals surface area contributed by atoms with Gasteiger partial charge < -0.3 is 15.5 Å². The van der Waals surface area contributed by atoms with E-state index in [0.717, 1.165) is 65.2 Å². The number of carbonyl (C=O) groups excluding carboxylic acids is 2. The fourth-order valence-electron chi connectivity index (χ4n) is 5.26. The van der Waals surface area contributed by atoms with Crippen molar-refractivity contribution in [3.8, 4) is 11.3 Å². The number of nitrogens with zero attached hydrogens (tertiary/aromatic N) is 3. The maximum atomic E-state index is 12.5. The molecule has 0 aliphatic carbocycles. The topological polar surface area (TPSA) is 78.7 Å². The smallest absolute Gasteiger partial charge is 0.251 e. The monoisotopic (exact) mass is 479 g/mol. The Hall–Kier alpha value is -3.97. The van der Waals surface area contributed by atoms with E-state index in [9.17, 15) is 9.59 Å². The molecule has 6 rings (SSSR count). The van der Waals surface area contributed by atoms with Gasteiger partial charge in [0.1, 0.15) is 5.65 Å². The van der Waals surface area contributed by atoms with Crippen molar-refractivity contribution in [2.24, 2.45) is 0 Å². The van der Waals surface area contributed by atoms with E-state index in [1.54, 1.807) is 0 Å². The summed E-state index contributed by atoms with van der Waals surface area (Å²) in [6.07, 6.45) is 7.03. The van der Waals surface area contributed by atoms with Gasteiger partial charge in [-0.2, -0.15) is 0 Å². The van der Waals surface area contributed by atoms with Gasteiger partial charge in [0.15, 0.2) is 0 Å². The van der Waals surface area contributed by atoms with Gasteiger partial charge in [-0.15, -0.1) is 0 Å². The number of rotatable bonds is 7. The molecule has 0 spiro atoms. The zero-order chi connectivity index (χ0) is 24.5. The first-order chi connectivity index (χ1) is 17.7. The van der Waals surface area contributed by atoms with Crippen molar-refractivity contribution in [1.29, 1.82) is 0 Å². The Balaban J connectivity index is 1.16. The molecule has 2 aromatic carbocycles. The molecule has 0 unspecified atom stereocenters. The first-order valence-corrected chi connectivity index (χ1v) is 12.6. The molecule has 2 aliphatic rings. The summed E-state index contributed by atoms with van der Waals surface area (Å²) in [7, 11) is 0. The van der Waals surface area contributed by atoms with Crippen LogP contribution in [0.25, 0.3) is 16.9 Å². The van der Waals surface area contributed by atoms with Crippen LogP contribution in [-0.4, -0.2) is 52.3 Å². The molecule has 1 saturated heterocycles. The predicted molar refractivity (Wildman–Crippen MR) is 139 cm³/mol. The van der Waals surface area contributed by atoms with Gasteiger partial charge >= 0.3 is 0 Å². The molecule has 2 aromatic heterocycles. The van der Waals surface area contributed by atoms with Crippen LogP contribution in [0.3, 0.4) is 0 Å². The van der Waals surface area contributed by atoms with Crippen molar-refractivity contribution in [1.82, 2.24) is 24.9 Å². The number of aromatic nitrogens is 2. The van der Waals surface area contributed by atoms with Crippen LogP contribution in [0.5, 0.6) is 0 Å². The van der Waals surface area contributed by atoms with Crippen LogP contribution in [0.1, 0.15) is 50.2 Å². The number of imidazole rings is 1. The highest BCUT2D eigenvalue weighted by atomic mass is 16.2. The number of likely N-dealkylation sites (tertiary alicyclic amines) is 1. The minimum Gasteiger partial charge on any atom is -0.351 e. The summed E-state index contributed by atoms with van der Waals surface area (Å²) in [6, 6.07) is 18.0. The third-order valence-electron chi connectivity index (χ3n) is 7.24. The van der Waals surface area contributed by atoms with E-state index in [1.165, 1.54) is 12.8 Å². The summed E-state index contributed by atoms with van der Waals surface area (Å²) in [5.41, 5.74) is 7.70. The number of hydrogen-bond acceptors (Lipinski definition) is 4. The van der Waals surface area contributed by atoms with Crippen molar-refractivity contribution >= 4 is 17.5 Å². The Labute approximate surface area is 210 Å². The molecule has 2 N–H and O–H groups in total. The Morgan fingerprint density at radius 1 is 1.03 bits per heavy atom. The first kappa shape index (κ1) is 22.5. The summed E-state index contributed by atoms with van der Waals surface area (Å²) < 4.78 is 2.10. The number of fused-ring (bicyclic) bond motifs is 2. The Morgan fingerprint density at radius 2 is 1.86 bits per heavy atom. The minimum atomic E-state index is -0.0213. The normalized spacial score (nSPS) is 15.3. The third kappa shape index (κ3) is 4.38. The van der Waals surface area contributed by atoms with Gasteiger partial charge in [0.05, 0.1) is 5.69 Å². The number of pyridine rings is 1. The van der Waals surface area contributed by atoms with E-state index in [1.807, 2.05) is 48.8 Å². The molecule has 0 radical (unpaired) electrons. The van der Waals surface area contributed by atoms with Gasteiger partial charge in [-0.1, -0.05) is 24.3 Å². The molecule has 4 aromatic rings. The lowest BCUT2D eigenvalue weighted by Gasteiger charge is -2.14. The van der Waals surface area contributed by atoms with Crippen LogP contribution in [0.15, 0.2) is 67.0 Å². The second kappa shape index (κ2) is 9.59. The maximum Gasteiger partial charge on any atom is 0.251 e. The average molecular weight is 480 g/mol. The van der Waals surface area contributed by atoms with Gasteiger partial charge in [0.2, 0.25) is 0 Å². The van der Waals surface area contributed by atoms with E-state index >= 15 is 0 Å². The van der Waals surface area contributed by atoms with Gasteiger partial charge in [-0.05, 0) is 78.5 Å². The molecule has 182 valence electrons. The van der Waals surface area contributed by atoms with Crippen molar-refractivity contribution in [3.63, 3.8) is 0 Å². The lowest BCUT2D eigenvalue weighted by Crippen LogP contribution is -2.33. The number of amides is 2. The van der Waals surface area contributed by atoms with Gasteiger partial charge in [0, 0.05) is 49.6 Å². The van der Waals surface area contributed by atoms with Crippen LogP contribution < -0.4 is 10.6 Å². The zero-order valence-electron chi connectivity index (χ0n) is 20.2. The second-order valence-electron chi connectivity index (χ2n) is 9.60.